The van der Waals surface area contributed by atoms with Crippen LogP contribution in [0.4, 0.5) is 11.4 Å². The van der Waals surface area contributed by atoms with E-state index in [9.17, 15) is 14.9 Å². The number of halogens is 2. The van der Waals surface area contributed by atoms with E-state index in [-0.39, 0.29) is 11.3 Å². The number of nitro benzene ring substituents is 1. The predicted molar refractivity (Wildman–Crippen MR) is 91.6 cm³/mol. The lowest BCUT2D eigenvalue weighted by molar-refractivity contribution is -0.385. The van der Waals surface area contributed by atoms with Gasteiger partial charge in [0.25, 0.3) is 5.69 Å². The fourth-order valence-electron chi connectivity index (χ4n) is 1.69. The SMILES string of the molecule is COC(=O)c1cc([N+](=O)[O-])cc(I)c1NCc1cnc(Cl)s1. The van der Waals surface area contributed by atoms with Crippen LogP contribution in [-0.2, 0) is 11.3 Å². The molecule has 0 spiro atoms. The zero-order valence-electron chi connectivity index (χ0n) is 11.1. The molecular weight excluding hydrogens is 445 g/mol. The van der Waals surface area contributed by atoms with Crippen LogP contribution in [0.2, 0.25) is 4.47 Å². The molecule has 1 aromatic carbocycles. The van der Waals surface area contributed by atoms with E-state index in [1.807, 2.05) is 22.6 Å². The van der Waals surface area contributed by atoms with Crippen molar-refractivity contribution >= 4 is 62.9 Å². The number of carbonyl (C=O) groups excluding carboxylic acids is 1. The van der Waals surface area contributed by atoms with Crippen LogP contribution in [0.25, 0.3) is 0 Å². The van der Waals surface area contributed by atoms with Gasteiger partial charge in [0.15, 0.2) is 4.47 Å². The van der Waals surface area contributed by atoms with Crippen molar-refractivity contribution in [3.05, 3.63) is 46.9 Å². The number of nitro groups is 1. The maximum Gasteiger partial charge on any atom is 0.340 e. The van der Waals surface area contributed by atoms with Crippen LogP contribution in [0.3, 0.4) is 0 Å². The minimum absolute atomic E-state index is 0.108. The van der Waals surface area contributed by atoms with Crippen molar-refractivity contribution in [3.63, 3.8) is 0 Å². The first-order chi connectivity index (χ1) is 10.4. The number of hydrogen-bond donors (Lipinski definition) is 1. The minimum Gasteiger partial charge on any atom is -0.465 e. The minimum atomic E-state index is -0.647. The Kier molecular flexibility index (Phi) is 5.53. The summed E-state index contributed by atoms with van der Waals surface area (Å²) in [5.41, 5.74) is 0.412. The first-order valence-corrected chi connectivity index (χ1v) is 8.10. The summed E-state index contributed by atoms with van der Waals surface area (Å²) in [5, 5.41) is 14.0. The van der Waals surface area contributed by atoms with Gasteiger partial charge in [-0.3, -0.25) is 10.1 Å². The van der Waals surface area contributed by atoms with Gasteiger partial charge in [0.1, 0.15) is 0 Å². The highest BCUT2D eigenvalue weighted by molar-refractivity contribution is 14.1. The molecule has 1 aromatic heterocycles. The van der Waals surface area contributed by atoms with Crippen LogP contribution >= 0.6 is 45.5 Å². The molecule has 22 heavy (non-hydrogen) atoms. The first-order valence-electron chi connectivity index (χ1n) is 5.82. The second-order valence-electron chi connectivity index (χ2n) is 4.03. The molecule has 10 heteroatoms. The number of thiazole rings is 1. The average molecular weight is 454 g/mol. The zero-order valence-corrected chi connectivity index (χ0v) is 14.9. The molecule has 0 saturated heterocycles. The molecule has 1 N–H and O–H groups in total. The number of benzene rings is 1. The van der Waals surface area contributed by atoms with Crippen LogP contribution in [0.15, 0.2) is 18.3 Å². The lowest BCUT2D eigenvalue weighted by atomic mass is 10.1. The predicted octanol–water partition coefficient (Wildman–Crippen LogP) is 3.71. The van der Waals surface area contributed by atoms with Crippen molar-refractivity contribution in [2.45, 2.75) is 6.54 Å². The summed E-state index contributed by atoms with van der Waals surface area (Å²) < 4.78 is 5.65. The Balaban J connectivity index is 2.35. The Morgan fingerprint density at radius 3 is 2.86 bits per heavy atom. The van der Waals surface area contributed by atoms with Crippen molar-refractivity contribution in [1.82, 2.24) is 4.98 Å². The van der Waals surface area contributed by atoms with Gasteiger partial charge in [0.05, 0.1) is 29.8 Å². The van der Waals surface area contributed by atoms with E-state index in [4.69, 9.17) is 11.6 Å². The summed E-state index contributed by atoms with van der Waals surface area (Å²) >= 11 is 9.00. The van der Waals surface area contributed by atoms with Gasteiger partial charge in [0.2, 0.25) is 0 Å². The van der Waals surface area contributed by atoms with Gasteiger partial charge in [0, 0.05) is 26.8 Å². The van der Waals surface area contributed by atoms with Crippen LogP contribution in [0.1, 0.15) is 15.2 Å². The Hall–Kier alpha value is -1.46. The molecule has 116 valence electrons. The molecule has 0 amide bonds. The summed E-state index contributed by atoms with van der Waals surface area (Å²) in [6.07, 6.45) is 1.62. The lowest BCUT2D eigenvalue weighted by Gasteiger charge is -2.12. The molecule has 0 saturated carbocycles. The normalized spacial score (nSPS) is 10.3. The second kappa shape index (κ2) is 7.20. The van der Waals surface area contributed by atoms with Crippen LogP contribution in [0.5, 0.6) is 0 Å². The summed E-state index contributed by atoms with van der Waals surface area (Å²) in [6.45, 7) is 0.391. The van der Waals surface area contributed by atoms with E-state index < -0.39 is 10.9 Å². The fourth-order valence-corrected chi connectivity index (χ4v) is 3.41. The molecule has 0 aliphatic heterocycles. The number of nitrogens with one attached hydrogen (secondary N) is 1. The quantitative estimate of drug-likeness (QED) is 0.321. The van der Waals surface area contributed by atoms with E-state index in [1.165, 1.54) is 30.6 Å². The van der Waals surface area contributed by atoms with Crippen molar-refractivity contribution in [3.8, 4) is 0 Å². The maximum atomic E-state index is 11.9. The number of hydrogen-bond acceptors (Lipinski definition) is 7. The highest BCUT2D eigenvalue weighted by Gasteiger charge is 2.20. The van der Waals surface area contributed by atoms with E-state index >= 15 is 0 Å². The standard InChI is InChI=1S/C12H9ClIN3O4S/c1-21-11(18)8-2-6(17(19)20)3-9(14)10(8)15-4-7-5-16-12(13)22-7/h2-3,5,15H,4H2,1H3. The molecule has 0 fully saturated rings. The third-order valence-electron chi connectivity index (χ3n) is 2.66. The highest BCUT2D eigenvalue weighted by Crippen LogP contribution is 2.30. The van der Waals surface area contributed by atoms with E-state index in [2.05, 4.69) is 15.0 Å². The van der Waals surface area contributed by atoms with Crippen molar-refractivity contribution in [2.75, 3.05) is 12.4 Å². The zero-order chi connectivity index (χ0) is 16.3. The number of non-ortho nitro benzene ring substituents is 1. The van der Waals surface area contributed by atoms with Crippen molar-refractivity contribution in [2.24, 2.45) is 0 Å². The van der Waals surface area contributed by atoms with Gasteiger partial charge < -0.3 is 10.1 Å². The van der Waals surface area contributed by atoms with Crippen LogP contribution in [0, 0.1) is 13.7 Å². The molecule has 0 atom stereocenters. The van der Waals surface area contributed by atoms with Crippen LogP contribution < -0.4 is 5.32 Å². The van der Waals surface area contributed by atoms with Crippen LogP contribution in [-0.4, -0.2) is 23.0 Å². The largest absolute Gasteiger partial charge is 0.465 e. The maximum absolute atomic E-state index is 11.9. The third-order valence-corrected chi connectivity index (χ3v) is 4.62. The number of aromatic nitrogens is 1. The van der Waals surface area contributed by atoms with Crippen molar-refractivity contribution < 1.29 is 14.5 Å². The van der Waals surface area contributed by atoms with Gasteiger partial charge in [-0.15, -0.1) is 11.3 Å². The smallest absolute Gasteiger partial charge is 0.340 e. The topological polar surface area (TPSA) is 94.4 Å². The Morgan fingerprint density at radius 1 is 1.59 bits per heavy atom. The molecular formula is C12H9ClIN3O4S. The Labute approximate surface area is 147 Å². The molecule has 0 aliphatic rings. The van der Waals surface area contributed by atoms with Gasteiger partial charge >= 0.3 is 5.97 Å². The van der Waals surface area contributed by atoms with Gasteiger partial charge in [-0.05, 0) is 22.6 Å². The number of nitrogens with zero attached hydrogens (tertiary/aromatic N) is 2. The number of carbonyl (C=O) groups is 1. The average Bonchev–Trinajstić information content (AvgIpc) is 2.89. The van der Waals surface area contributed by atoms with Gasteiger partial charge in [-0.1, -0.05) is 11.6 Å². The van der Waals surface area contributed by atoms with Gasteiger partial charge in [-0.2, -0.15) is 0 Å². The lowest BCUT2D eigenvalue weighted by Crippen LogP contribution is -2.10. The Bertz CT molecular complexity index is 737. The Morgan fingerprint density at radius 2 is 2.32 bits per heavy atom. The van der Waals surface area contributed by atoms with Crippen molar-refractivity contribution in [1.29, 1.82) is 0 Å². The van der Waals surface area contributed by atoms with E-state index in [0.29, 0.717) is 20.3 Å². The number of rotatable bonds is 5. The molecule has 7 nitrogen and oxygen atoms in total. The first kappa shape index (κ1) is 16.9. The van der Waals surface area contributed by atoms with Gasteiger partial charge in [-0.25, -0.2) is 9.78 Å². The summed E-state index contributed by atoms with van der Waals surface area (Å²) in [5.74, 6) is -0.647. The number of anilines is 1. The molecule has 2 rings (SSSR count). The number of ether oxygens (including phenoxy) is 1. The summed E-state index contributed by atoms with van der Waals surface area (Å²) in [7, 11) is 1.22. The molecule has 0 unspecified atom stereocenters. The molecule has 2 aromatic rings. The van der Waals surface area contributed by atoms with E-state index in [1.54, 1.807) is 6.20 Å². The highest BCUT2D eigenvalue weighted by atomic mass is 127. The molecule has 1 heterocycles. The second-order valence-corrected chi connectivity index (χ2v) is 6.89. The summed E-state index contributed by atoms with van der Waals surface area (Å²) in [4.78, 5) is 27.0. The van der Waals surface area contributed by atoms with E-state index in [0.717, 1.165) is 4.88 Å². The summed E-state index contributed by atoms with van der Waals surface area (Å²) in [6, 6.07) is 2.57. The molecule has 0 radical (unpaired) electrons. The number of esters is 1. The monoisotopic (exact) mass is 453 g/mol. The molecule has 0 bridgehead atoms. The third kappa shape index (κ3) is 3.84. The number of methoxy groups -OCH3 is 1. The fraction of sp³-hybridized carbons (Fsp3) is 0.167. The molecule has 0 aliphatic carbocycles.